The second kappa shape index (κ2) is 10.8. The average Bonchev–Trinajstić information content (AvgIpc) is 3.22. The summed E-state index contributed by atoms with van der Waals surface area (Å²) >= 11 is 2.68. The molecule has 1 aromatic heterocycles. The SMILES string of the molecule is CC(O)(CC=C[C@H]1CCC(=O)[C@@H]1CCSc1nc(C(=O)O)cs1)CCCC(F)(F)F. The lowest BCUT2D eigenvalue weighted by atomic mass is 9.90. The van der Waals surface area contributed by atoms with Crippen molar-refractivity contribution in [2.75, 3.05) is 5.75 Å². The number of thioether (sulfide) groups is 1. The number of carboxylic acids is 1. The normalized spacial score (nSPS) is 22.0. The van der Waals surface area contributed by atoms with Gasteiger partial charge in [0.2, 0.25) is 0 Å². The first-order chi connectivity index (χ1) is 14.0. The molecule has 3 atom stereocenters. The molecule has 168 valence electrons. The minimum atomic E-state index is -4.21. The van der Waals surface area contributed by atoms with Gasteiger partial charge in [0.1, 0.15) is 5.78 Å². The Kier molecular flexibility index (Phi) is 8.93. The molecule has 0 aromatic carbocycles. The van der Waals surface area contributed by atoms with Crippen molar-refractivity contribution >= 4 is 34.9 Å². The van der Waals surface area contributed by atoms with Crippen LogP contribution in [0.4, 0.5) is 13.2 Å². The van der Waals surface area contributed by atoms with E-state index in [4.69, 9.17) is 5.11 Å². The van der Waals surface area contributed by atoms with Crippen molar-refractivity contribution in [1.29, 1.82) is 0 Å². The fraction of sp³-hybridized carbons (Fsp3) is 0.650. The van der Waals surface area contributed by atoms with Gasteiger partial charge in [0, 0.05) is 29.9 Å². The van der Waals surface area contributed by atoms with Gasteiger partial charge in [0.25, 0.3) is 0 Å². The van der Waals surface area contributed by atoms with Crippen LogP contribution in [0.25, 0.3) is 0 Å². The molecule has 1 fully saturated rings. The summed E-state index contributed by atoms with van der Waals surface area (Å²) in [7, 11) is 0. The number of rotatable bonds is 11. The van der Waals surface area contributed by atoms with Gasteiger partial charge >= 0.3 is 12.1 Å². The molecule has 1 saturated carbocycles. The molecular formula is C20H26F3NO4S2. The molecule has 5 nitrogen and oxygen atoms in total. The van der Waals surface area contributed by atoms with Crippen LogP contribution in [0.15, 0.2) is 21.9 Å². The zero-order valence-electron chi connectivity index (χ0n) is 16.7. The lowest BCUT2D eigenvalue weighted by Crippen LogP contribution is -2.24. The number of carboxylic acid groups (broad SMARTS) is 1. The summed E-state index contributed by atoms with van der Waals surface area (Å²) in [5.74, 6) is -0.323. The molecule has 1 aliphatic carbocycles. The topological polar surface area (TPSA) is 87.5 Å². The molecule has 2 N–H and O–H groups in total. The third-order valence-electron chi connectivity index (χ3n) is 5.13. The number of thiazole rings is 1. The van der Waals surface area contributed by atoms with E-state index >= 15 is 0 Å². The van der Waals surface area contributed by atoms with E-state index in [1.807, 2.05) is 6.08 Å². The summed E-state index contributed by atoms with van der Waals surface area (Å²) in [6.07, 6.45) is 0.608. The molecule has 0 aliphatic heterocycles. The highest BCUT2D eigenvalue weighted by molar-refractivity contribution is 8.01. The lowest BCUT2D eigenvalue weighted by Gasteiger charge is -2.22. The third-order valence-corrected chi connectivity index (χ3v) is 7.18. The number of nitrogens with zero attached hydrogens (tertiary/aromatic N) is 1. The van der Waals surface area contributed by atoms with Crippen molar-refractivity contribution in [3.63, 3.8) is 0 Å². The summed E-state index contributed by atoms with van der Waals surface area (Å²) < 4.78 is 37.4. The van der Waals surface area contributed by atoms with Crippen molar-refractivity contribution < 1.29 is 33.0 Å². The number of halogens is 3. The van der Waals surface area contributed by atoms with Gasteiger partial charge in [0.15, 0.2) is 10.0 Å². The first-order valence-corrected chi connectivity index (χ1v) is 11.6. The van der Waals surface area contributed by atoms with E-state index in [1.165, 1.54) is 35.4 Å². The quantitative estimate of drug-likeness (QED) is 0.338. The van der Waals surface area contributed by atoms with E-state index in [0.717, 1.165) is 6.42 Å². The molecule has 2 rings (SSSR count). The monoisotopic (exact) mass is 465 g/mol. The lowest BCUT2D eigenvalue weighted by molar-refractivity contribution is -0.137. The fourth-order valence-corrected chi connectivity index (χ4v) is 5.40. The van der Waals surface area contributed by atoms with E-state index in [2.05, 4.69) is 4.98 Å². The third kappa shape index (κ3) is 8.39. The van der Waals surface area contributed by atoms with E-state index in [0.29, 0.717) is 22.9 Å². The van der Waals surface area contributed by atoms with Gasteiger partial charge in [-0.15, -0.1) is 11.3 Å². The molecule has 1 unspecified atom stereocenters. The number of Topliss-reactive ketones (excluding diaryl/α,β-unsaturated/α-hetero) is 1. The minimum Gasteiger partial charge on any atom is -0.476 e. The second-order valence-corrected chi connectivity index (χ2v) is 10.0. The molecule has 0 saturated heterocycles. The molecule has 30 heavy (non-hydrogen) atoms. The van der Waals surface area contributed by atoms with Crippen LogP contribution < -0.4 is 0 Å². The van der Waals surface area contributed by atoms with Crippen LogP contribution in [0.3, 0.4) is 0 Å². The average molecular weight is 466 g/mol. The van der Waals surface area contributed by atoms with E-state index < -0.39 is 24.2 Å². The van der Waals surface area contributed by atoms with Crippen LogP contribution in [-0.2, 0) is 4.79 Å². The zero-order valence-corrected chi connectivity index (χ0v) is 18.3. The van der Waals surface area contributed by atoms with Crippen LogP contribution in [0, 0.1) is 11.8 Å². The highest BCUT2D eigenvalue weighted by Gasteiger charge is 2.33. The maximum atomic E-state index is 12.3. The Morgan fingerprint density at radius 1 is 1.40 bits per heavy atom. The van der Waals surface area contributed by atoms with Crippen molar-refractivity contribution in [3.8, 4) is 0 Å². The van der Waals surface area contributed by atoms with Gasteiger partial charge < -0.3 is 10.2 Å². The number of ketones is 1. The number of hydrogen-bond acceptors (Lipinski definition) is 6. The van der Waals surface area contributed by atoms with Gasteiger partial charge in [-0.2, -0.15) is 13.2 Å². The Balaban J connectivity index is 1.79. The van der Waals surface area contributed by atoms with E-state index in [1.54, 1.807) is 6.08 Å². The van der Waals surface area contributed by atoms with Gasteiger partial charge in [-0.05, 0) is 44.9 Å². The minimum absolute atomic E-state index is 0.0162. The zero-order chi connectivity index (χ0) is 22.4. The molecular weight excluding hydrogens is 439 g/mol. The summed E-state index contributed by atoms with van der Waals surface area (Å²) in [6.45, 7) is 1.53. The van der Waals surface area contributed by atoms with Crippen LogP contribution in [0.5, 0.6) is 0 Å². The molecule has 1 aliphatic rings. The van der Waals surface area contributed by atoms with Crippen LogP contribution >= 0.6 is 23.1 Å². The van der Waals surface area contributed by atoms with Gasteiger partial charge in [0.05, 0.1) is 5.60 Å². The Bertz CT molecular complexity index is 761. The van der Waals surface area contributed by atoms with Gasteiger partial charge in [-0.25, -0.2) is 9.78 Å². The maximum Gasteiger partial charge on any atom is 0.389 e. The second-order valence-electron chi connectivity index (χ2n) is 7.81. The van der Waals surface area contributed by atoms with Gasteiger partial charge in [-0.3, -0.25) is 4.79 Å². The summed E-state index contributed by atoms with van der Waals surface area (Å²) in [6, 6.07) is 0. The predicted molar refractivity (Wildman–Crippen MR) is 110 cm³/mol. The molecule has 0 radical (unpaired) electrons. The fourth-order valence-electron chi connectivity index (χ4n) is 3.50. The number of hydrogen-bond donors (Lipinski definition) is 2. The molecule has 0 bridgehead atoms. The molecule has 10 heteroatoms. The maximum absolute atomic E-state index is 12.3. The Labute approximate surface area is 181 Å². The van der Waals surface area contributed by atoms with E-state index in [-0.39, 0.29) is 42.6 Å². The van der Waals surface area contributed by atoms with Crippen molar-refractivity contribution in [3.05, 3.63) is 23.2 Å². The van der Waals surface area contributed by atoms with Crippen molar-refractivity contribution in [2.45, 2.75) is 68.0 Å². The first kappa shape index (κ1) is 24.9. The van der Waals surface area contributed by atoms with Crippen molar-refractivity contribution in [1.82, 2.24) is 4.98 Å². The molecule has 1 aromatic rings. The first-order valence-electron chi connectivity index (χ1n) is 9.77. The number of carbonyl (C=O) groups is 2. The number of alkyl halides is 3. The van der Waals surface area contributed by atoms with Crippen LogP contribution in [0.2, 0.25) is 0 Å². The number of aromatic nitrogens is 1. The largest absolute Gasteiger partial charge is 0.476 e. The summed E-state index contributed by atoms with van der Waals surface area (Å²) in [4.78, 5) is 27.1. The molecule has 0 spiro atoms. The van der Waals surface area contributed by atoms with Crippen LogP contribution in [0.1, 0.15) is 62.4 Å². The van der Waals surface area contributed by atoms with Crippen molar-refractivity contribution in [2.24, 2.45) is 11.8 Å². The van der Waals surface area contributed by atoms with Gasteiger partial charge in [-0.1, -0.05) is 23.9 Å². The molecule has 0 amide bonds. The summed E-state index contributed by atoms with van der Waals surface area (Å²) in [5.41, 5.74) is -1.19. The smallest absolute Gasteiger partial charge is 0.389 e. The standard InChI is InChI=1S/C20H26F3NO4S2/c1-19(28,9-3-10-20(21,22)23)8-2-4-13-5-6-16(25)14(13)7-11-29-18-24-15(12-30-18)17(26)27/h2,4,12-14,28H,3,5-11H2,1H3,(H,26,27)/t13-,14+,19?/m0/s1. The highest BCUT2D eigenvalue weighted by Crippen LogP contribution is 2.35. The number of aromatic carboxylic acids is 1. The predicted octanol–water partition coefficient (Wildman–Crippen LogP) is 5.35. The summed E-state index contributed by atoms with van der Waals surface area (Å²) in [5, 5.41) is 20.7. The number of aliphatic hydroxyl groups is 1. The molecule has 1 heterocycles. The Hall–Kier alpha value is -1.39. The van der Waals surface area contributed by atoms with Crippen LogP contribution in [-0.4, -0.2) is 44.5 Å². The van der Waals surface area contributed by atoms with E-state index in [9.17, 15) is 27.9 Å². The Morgan fingerprint density at radius 3 is 2.77 bits per heavy atom. The Morgan fingerprint density at radius 2 is 2.13 bits per heavy atom. The number of carbonyl (C=O) groups excluding carboxylic acids is 1. The highest BCUT2D eigenvalue weighted by atomic mass is 32.2. The number of allylic oxidation sites excluding steroid dienone is 1.